The molecule has 0 bridgehead atoms. The van der Waals surface area contributed by atoms with Crippen LogP contribution in [0.5, 0.6) is 0 Å². The van der Waals surface area contributed by atoms with Crippen molar-refractivity contribution < 1.29 is 14.3 Å². The van der Waals surface area contributed by atoms with Crippen molar-refractivity contribution in [3.63, 3.8) is 0 Å². The lowest BCUT2D eigenvalue weighted by Gasteiger charge is -2.02. The maximum atomic E-state index is 9.38. The highest BCUT2D eigenvalue weighted by molar-refractivity contribution is 5.08. The SMILES string of the molecule is CC[C@H](O)c1ccc(COC)o1. The van der Waals surface area contributed by atoms with E-state index in [-0.39, 0.29) is 0 Å². The molecule has 0 aliphatic carbocycles. The molecule has 0 radical (unpaired) electrons. The summed E-state index contributed by atoms with van der Waals surface area (Å²) in [6.45, 7) is 2.36. The number of methoxy groups -OCH3 is 1. The molecule has 1 N–H and O–H groups in total. The molecule has 1 aromatic heterocycles. The molecule has 0 fully saturated rings. The molecule has 0 saturated heterocycles. The van der Waals surface area contributed by atoms with Gasteiger partial charge in [-0.3, -0.25) is 0 Å². The Morgan fingerprint density at radius 3 is 2.92 bits per heavy atom. The van der Waals surface area contributed by atoms with Crippen molar-refractivity contribution in [2.75, 3.05) is 7.11 Å². The highest BCUT2D eigenvalue weighted by Gasteiger charge is 2.09. The van der Waals surface area contributed by atoms with Crippen LogP contribution in [0, 0.1) is 0 Å². The lowest BCUT2D eigenvalue weighted by atomic mass is 10.2. The van der Waals surface area contributed by atoms with E-state index in [2.05, 4.69) is 0 Å². The molecule has 3 heteroatoms. The van der Waals surface area contributed by atoms with E-state index in [0.29, 0.717) is 18.8 Å². The van der Waals surface area contributed by atoms with Crippen molar-refractivity contribution in [1.29, 1.82) is 0 Å². The van der Waals surface area contributed by atoms with Gasteiger partial charge in [-0.2, -0.15) is 0 Å². The fourth-order valence-electron chi connectivity index (χ4n) is 0.995. The maximum Gasteiger partial charge on any atom is 0.132 e. The molecule has 1 heterocycles. The van der Waals surface area contributed by atoms with E-state index in [1.165, 1.54) is 0 Å². The third-order valence-electron chi connectivity index (χ3n) is 1.68. The van der Waals surface area contributed by atoms with Crippen LogP contribution in [-0.2, 0) is 11.3 Å². The Morgan fingerprint density at radius 1 is 1.58 bits per heavy atom. The molecule has 12 heavy (non-hydrogen) atoms. The standard InChI is InChI=1S/C9H14O3/c1-3-8(10)9-5-4-7(12-9)6-11-2/h4-5,8,10H,3,6H2,1-2H3/t8-/m0/s1. The molecule has 68 valence electrons. The van der Waals surface area contributed by atoms with E-state index in [9.17, 15) is 5.11 Å². The summed E-state index contributed by atoms with van der Waals surface area (Å²) in [5.74, 6) is 1.37. The van der Waals surface area contributed by atoms with Crippen molar-refractivity contribution >= 4 is 0 Å². The first kappa shape index (κ1) is 9.29. The summed E-state index contributed by atoms with van der Waals surface area (Å²) in [7, 11) is 1.61. The van der Waals surface area contributed by atoms with Crippen LogP contribution in [0.1, 0.15) is 31.0 Å². The Bertz CT molecular complexity index is 229. The van der Waals surface area contributed by atoms with Gasteiger partial charge < -0.3 is 14.3 Å². The topological polar surface area (TPSA) is 42.6 Å². The van der Waals surface area contributed by atoms with Crippen LogP contribution < -0.4 is 0 Å². The highest BCUT2D eigenvalue weighted by Crippen LogP contribution is 2.19. The van der Waals surface area contributed by atoms with Gasteiger partial charge in [-0.05, 0) is 18.6 Å². The molecule has 0 aliphatic rings. The van der Waals surface area contributed by atoms with E-state index in [0.717, 1.165) is 5.76 Å². The smallest absolute Gasteiger partial charge is 0.132 e. The number of hydrogen-bond acceptors (Lipinski definition) is 3. The first-order chi connectivity index (χ1) is 5.77. The van der Waals surface area contributed by atoms with E-state index in [1.807, 2.05) is 13.0 Å². The summed E-state index contributed by atoms with van der Waals surface area (Å²) >= 11 is 0. The minimum atomic E-state index is -0.490. The van der Waals surface area contributed by atoms with Gasteiger partial charge in [-0.1, -0.05) is 6.92 Å². The van der Waals surface area contributed by atoms with Crippen molar-refractivity contribution in [3.05, 3.63) is 23.7 Å². The fraction of sp³-hybridized carbons (Fsp3) is 0.556. The number of furan rings is 1. The lowest BCUT2D eigenvalue weighted by Crippen LogP contribution is -1.91. The molecule has 1 rings (SSSR count). The Kier molecular flexibility index (Phi) is 3.31. The largest absolute Gasteiger partial charge is 0.461 e. The molecule has 0 unspecified atom stereocenters. The van der Waals surface area contributed by atoms with Gasteiger partial charge in [0, 0.05) is 7.11 Å². The Labute approximate surface area is 72.0 Å². The van der Waals surface area contributed by atoms with Gasteiger partial charge >= 0.3 is 0 Å². The van der Waals surface area contributed by atoms with E-state index in [1.54, 1.807) is 13.2 Å². The van der Waals surface area contributed by atoms with Crippen molar-refractivity contribution in [3.8, 4) is 0 Å². The maximum absolute atomic E-state index is 9.38. The minimum absolute atomic E-state index is 0.455. The van der Waals surface area contributed by atoms with Gasteiger partial charge in [0.2, 0.25) is 0 Å². The molecule has 1 atom stereocenters. The number of aliphatic hydroxyl groups excluding tert-OH is 1. The predicted octanol–water partition coefficient (Wildman–Crippen LogP) is 1.87. The van der Waals surface area contributed by atoms with E-state index in [4.69, 9.17) is 9.15 Å². The first-order valence-electron chi connectivity index (χ1n) is 4.03. The summed E-state index contributed by atoms with van der Waals surface area (Å²) in [5.41, 5.74) is 0. The molecule has 0 spiro atoms. The second-order valence-corrected chi connectivity index (χ2v) is 2.66. The predicted molar refractivity (Wildman–Crippen MR) is 44.7 cm³/mol. The molecule has 1 aromatic rings. The molecule has 0 saturated carbocycles. The third kappa shape index (κ3) is 2.09. The number of rotatable bonds is 4. The molecular formula is C9H14O3. The summed E-state index contributed by atoms with van der Waals surface area (Å²) in [4.78, 5) is 0. The van der Waals surface area contributed by atoms with Crippen molar-refractivity contribution in [2.45, 2.75) is 26.1 Å². The zero-order chi connectivity index (χ0) is 8.97. The van der Waals surface area contributed by atoms with Gasteiger partial charge in [0.1, 0.15) is 24.2 Å². The van der Waals surface area contributed by atoms with Gasteiger partial charge in [0.15, 0.2) is 0 Å². The number of aliphatic hydroxyl groups is 1. The van der Waals surface area contributed by atoms with Crippen molar-refractivity contribution in [1.82, 2.24) is 0 Å². The van der Waals surface area contributed by atoms with Crippen LogP contribution in [-0.4, -0.2) is 12.2 Å². The van der Waals surface area contributed by atoms with Gasteiger partial charge in [0.05, 0.1) is 0 Å². The highest BCUT2D eigenvalue weighted by atomic mass is 16.5. The zero-order valence-corrected chi connectivity index (χ0v) is 7.41. The fourth-order valence-corrected chi connectivity index (χ4v) is 0.995. The first-order valence-corrected chi connectivity index (χ1v) is 4.03. The van der Waals surface area contributed by atoms with Crippen LogP contribution >= 0.6 is 0 Å². The van der Waals surface area contributed by atoms with Crippen LogP contribution in [0.4, 0.5) is 0 Å². The molecule has 0 amide bonds. The van der Waals surface area contributed by atoms with Gasteiger partial charge in [0.25, 0.3) is 0 Å². The molecule has 0 aliphatic heterocycles. The Balaban J connectivity index is 2.63. The molecular weight excluding hydrogens is 156 g/mol. The second-order valence-electron chi connectivity index (χ2n) is 2.66. The minimum Gasteiger partial charge on any atom is -0.461 e. The summed E-state index contributed by atoms with van der Waals surface area (Å²) in [5, 5.41) is 9.38. The van der Waals surface area contributed by atoms with Crippen LogP contribution in [0.2, 0.25) is 0 Å². The molecule has 3 nitrogen and oxygen atoms in total. The monoisotopic (exact) mass is 170 g/mol. The van der Waals surface area contributed by atoms with Crippen LogP contribution in [0.25, 0.3) is 0 Å². The quantitative estimate of drug-likeness (QED) is 0.750. The van der Waals surface area contributed by atoms with Crippen LogP contribution in [0.15, 0.2) is 16.5 Å². The number of ether oxygens (including phenoxy) is 1. The normalized spacial score (nSPS) is 13.2. The van der Waals surface area contributed by atoms with Gasteiger partial charge in [-0.15, -0.1) is 0 Å². The second kappa shape index (κ2) is 4.28. The van der Waals surface area contributed by atoms with E-state index < -0.39 is 6.10 Å². The Hall–Kier alpha value is -0.800. The average molecular weight is 170 g/mol. The lowest BCUT2D eigenvalue weighted by molar-refractivity contribution is 0.128. The third-order valence-corrected chi connectivity index (χ3v) is 1.68. The summed E-state index contributed by atoms with van der Waals surface area (Å²) in [6.07, 6.45) is 0.176. The Morgan fingerprint density at radius 2 is 2.33 bits per heavy atom. The summed E-state index contributed by atoms with van der Waals surface area (Å²) < 4.78 is 10.2. The van der Waals surface area contributed by atoms with Crippen LogP contribution in [0.3, 0.4) is 0 Å². The van der Waals surface area contributed by atoms with Crippen molar-refractivity contribution in [2.24, 2.45) is 0 Å². The molecule has 0 aromatic carbocycles. The zero-order valence-electron chi connectivity index (χ0n) is 7.41. The average Bonchev–Trinajstić information content (AvgIpc) is 2.52. The van der Waals surface area contributed by atoms with E-state index >= 15 is 0 Å². The number of hydrogen-bond donors (Lipinski definition) is 1. The van der Waals surface area contributed by atoms with Gasteiger partial charge in [-0.25, -0.2) is 0 Å². The summed E-state index contributed by atoms with van der Waals surface area (Å²) in [6, 6.07) is 3.60.